The largest absolute Gasteiger partial charge is 0.497 e. The van der Waals surface area contributed by atoms with Crippen molar-refractivity contribution in [1.82, 2.24) is 9.97 Å². The first-order valence-corrected chi connectivity index (χ1v) is 8.15. The summed E-state index contributed by atoms with van der Waals surface area (Å²) in [5, 5.41) is 2.80. The fourth-order valence-electron chi connectivity index (χ4n) is 2.24. The van der Waals surface area contributed by atoms with Gasteiger partial charge in [-0.3, -0.25) is 4.79 Å². The van der Waals surface area contributed by atoms with Crippen LogP contribution in [-0.4, -0.2) is 43.7 Å². The minimum absolute atomic E-state index is 0.311. The number of unbranched alkanes of at least 4 members (excludes halogenated alkanes) is 1. The second kappa shape index (κ2) is 8.86. The summed E-state index contributed by atoms with van der Waals surface area (Å²) in [5.74, 6) is 1.46. The van der Waals surface area contributed by atoms with Gasteiger partial charge in [0.05, 0.1) is 25.5 Å². The Kier molecular flexibility index (Phi) is 6.56. The number of benzene rings is 1. The minimum Gasteiger partial charge on any atom is -0.497 e. The van der Waals surface area contributed by atoms with E-state index in [-0.39, 0.29) is 5.91 Å². The smallest absolute Gasteiger partial charge is 0.258 e. The SMILES string of the molecule is CCCCN(C)c1ncc(C(=O)Nc2cc(OC)ccc2OC)cn1. The van der Waals surface area contributed by atoms with Gasteiger partial charge in [-0.15, -0.1) is 0 Å². The number of hydrogen-bond donors (Lipinski definition) is 1. The predicted octanol–water partition coefficient (Wildman–Crippen LogP) is 2.98. The molecule has 0 fully saturated rings. The van der Waals surface area contributed by atoms with Gasteiger partial charge in [-0.25, -0.2) is 9.97 Å². The highest BCUT2D eigenvalue weighted by atomic mass is 16.5. The molecule has 1 N–H and O–H groups in total. The molecule has 0 saturated carbocycles. The van der Waals surface area contributed by atoms with Crippen LogP contribution in [0.15, 0.2) is 30.6 Å². The maximum atomic E-state index is 12.4. The third-order valence-electron chi connectivity index (χ3n) is 3.74. The predicted molar refractivity (Wildman–Crippen MR) is 97.7 cm³/mol. The zero-order valence-electron chi connectivity index (χ0n) is 15.1. The number of carbonyl (C=O) groups excluding carboxylic acids is 1. The molecule has 25 heavy (non-hydrogen) atoms. The Morgan fingerprint density at radius 3 is 2.52 bits per heavy atom. The summed E-state index contributed by atoms with van der Waals surface area (Å²) in [7, 11) is 5.04. The number of methoxy groups -OCH3 is 2. The van der Waals surface area contributed by atoms with E-state index in [9.17, 15) is 4.79 Å². The van der Waals surface area contributed by atoms with E-state index in [1.54, 1.807) is 32.4 Å². The van der Waals surface area contributed by atoms with E-state index in [4.69, 9.17) is 9.47 Å². The van der Waals surface area contributed by atoms with Crippen LogP contribution in [-0.2, 0) is 0 Å². The van der Waals surface area contributed by atoms with Crippen molar-refractivity contribution in [2.24, 2.45) is 0 Å². The van der Waals surface area contributed by atoms with Crippen LogP contribution in [0.1, 0.15) is 30.1 Å². The molecule has 0 saturated heterocycles. The van der Waals surface area contributed by atoms with Crippen molar-refractivity contribution in [3.8, 4) is 11.5 Å². The minimum atomic E-state index is -0.311. The summed E-state index contributed by atoms with van der Waals surface area (Å²) in [5.41, 5.74) is 0.897. The van der Waals surface area contributed by atoms with E-state index < -0.39 is 0 Å². The first-order valence-electron chi connectivity index (χ1n) is 8.15. The molecular weight excluding hydrogens is 320 g/mol. The Morgan fingerprint density at radius 1 is 1.20 bits per heavy atom. The second-order valence-electron chi connectivity index (χ2n) is 5.57. The zero-order chi connectivity index (χ0) is 18.2. The number of anilines is 2. The van der Waals surface area contributed by atoms with Gasteiger partial charge in [-0.2, -0.15) is 0 Å². The van der Waals surface area contributed by atoms with Gasteiger partial charge in [0.1, 0.15) is 11.5 Å². The van der Waals surface area contributed by atoms with Crippen molar-refractivity contribution >= 4 is 17.5 Å². The number of aromatic nitrogens is 2. The van der Waals surface area contributed by atoms with Crippen LogP contribution in [0.5, 0.6) is 11.5 Å². The number of nitrogens with zero attached hydrogens (tertiary/aromatic N) is 3. The van der Waals surface area contributed by atoms with Crippen molar-refractivity contribution in [3.05, 3.63) is 36.2 Å². The fourth-order valence-corrected chi connectivity index (χ4v) is 2.24. The molecule has 1 aromatic heterocycles. The number of rotatable bonds is 8. The van der Waals surface area contributed by atoms with Gasteiger partial charge in [0.25, 0.3) is 5.91 Å². The van der Waals surface area contributed by atoms with Crippen molar-refractivity contribution in [3.63, 3.8) is 0 Å². The van der Waals surface area contributed by atoms with Gasteiger partial charge < -0.3 is 19.7 Å². The molecule has 7 heteroatoms. The first kappa shape index (κ1) is 18.5. The quantitative estimate of drug-likeness (QED) is 0.793. The third-order valence-corrected chi connectivity index (χ3v) is 3.74. The van der Waals surface area contributed by atoms with Gasteiger partial charge in [0.15, 0.2) is 0 Å². The van der Waals surface area contributed by atoms with Crippen LogP contribution < -0.4 is 19.7 Å². The number of ether oxygens (including phenoxy) is 2. The zero-order valence-corrected chi connectivity index (χ0v) is 15.1. The van der Waals surface area contributed by atoms with Crippen LogP contribution in [0.25, 0.3) is 0 Å². The molecule has 0 bridgehead atoms. The van der Waals surface area contributed by atoms with Gasteiger partial charge in [-0.1, -0.05) is 13.3 Å². The fraction of sp³-hybridized carbons (Fsp3) is 0.389. The van der Waals surface area contributed by atoms with Crippen LogP contribution in [0.3, 0.4) is 0 Å². The maximum absolute atomic E-state index is 12.4. The monoisotopic (exact) mass is 344 g/mol. The highest BCUT2D eigenvalue weighted by Gasteiger charge is 2.13. The van der Waals surface area contributed by atoms with Gasteiger partial charge >= 0.3 is 0 Å². The van der Waals surface area contributed by atoms with E-state index >= 15 is 0 Å². The maximum Gasteiger partial charge on any atom is 0.258 e. The van der Waals surface area contributed by atoms with Crippen LogP contribution in [0.2, 0.25) is 0 Å². The summed E-state index contributed by atoms with van der Waals surface area (Å²) in [4.78, 5) is 22.9. The standard InChI is InChI=1S/C18H24N4O3/c1-5-6-9-22(2)18-19-11-13(12-20-18)17(23)21-15-10-14(24-3)7-8-16(15)25-4/h7-8,10-12H,5-6,9H2,1-4H3,(H,21,23). The molecule has 0 spiro atoms. The lowest BCUT2D eigenvalue weighted by atomic mass is 10.2. The average Bonchev–Trinajstić information content (AvgIpc) is 2.66. The van der Waals surface area contributed by atoms with Crippen molar-refractivity contribution in [1.29, 1.82) is 0 Å². The first-order chi connectivity index (χ1) is 12.1. The second-order valence-corrected chi connectivity index (χ2v) is 5.57. The van der Waals surface area contributed by atoms with E-state index in [1.165, 1.54) is 12.4 Å². The van der Waals surface area contributed by atoms with E-state index in [2.05, 4.69) is 22.2 Å². The molecule has 1 aromatic carbocycles. The summed E-state index contributed by atoms with van der Waals surface area (Å²) in [6.07, 6.45) is 5.21. The summed E-state index contributed by atoms with van der Waals surface area (Å²) in [6.45, 7) is 3.01. The lowest BCUT2D eigenvalue weighted by Crippen LogP contribution is -2.21. The van der Waals surface area contributed by atoms with Gasteiger partial charge in [0.2, 0.25) is 5.95 Å². The Bertz CT molecular complexity index is 704. The summed E-state index contributed by atoms with van der Waals surface area (Å²) in [6, 6.07) is 5.19. The third kappa shape index (κ3) is 4.82. The molecular formula is C18H24N4O3. The highest BCUT2D eigenvalue weighted by Crippen LogP contribution is 2.29. The Labute approximate surface area is 148 Å². The molecule has 0 radical (unpaired) electrons. The molecule has 0 aliphatic carbocycles. The molecule has 7 nitrogen and oxygen atoms in total. The van der Waals surface area contributed by atoms with Crippen molar-refractivity contribution in [2.45, 2.75) is 19.8 Å². The highest BCUT2D eigenvalue weighted by molar-refractivity contribution is 6.04. The molecule has 0 atom stereocenters. The molecule has 1 amide bonds. The van der Waals surface area contributed by atoms with E-state index in [0.29, 0.717) is 28.7 Å². The normalized spacial score (nSPS) is 10.2. The number of carbonyl (C=O) groups is 1. The van der Waals surface area contributed by atoms with Crippen molar-refractivity contribution < 1.29 is 14.3 Å². The molecule has 0 aliphatic heterocycles. The van der Waals surface area contributed by atoms with E-state index in [1.807, 2.05) is 11.9 Å². The summed E-state index contributed by atoms with van der Waals surface area (Å²) < 4.78 is 10.4. The molecule has 2 aromatic rings. The number of amides is 1. The van der Waals surface area contributed by atoms with Gasteiger partial charge in [0, 0.05) is 32.1 Å². The van der Waals surface area contributed by atoms with E-state index in [0.717, 1.165) is 19.4 Å². The Balaban J connectivity index is 2.11. The lowest BCUT2D eigenvalue weighted by Gasteiger charge is -2.16. The lowest BCUT2D eigenvalue weighted by molar-refractivity contribution is 0.102. The number of nitrogens with one attached hydrogen (secondary N) is 1. The molecule has 2 rings (SSSR count). The molecule has 134 valence electrons. The Hall–Kier alpha value is -2.83. The van der Waals surface area contributed by atoms with Crippen molar-refractivity contribution in [2.75, 3.05) is 38.0 Å². The van der Waals surface area contributed by atoms with Crippen LogP contribution >= 0.6 is 0 Å². The Morgan fingerprint density at radius 2 is 1.92 bits per heavy atom. The van der Waals surface area contributed by atoms with Crippen LogP contribution in [0.4, 0.5) is 11.6 Å². The molecule has 0 aliphatic rings. The summed E-state index contributed by atoms with van der Waals surface area (Å²) >= 11 is 0. The topological polar surface area (TPSA) is 76.6 Å². The van der Waals surface area contributed by atoms with Gasteiger partial charge in [-0.05, 0) is 18.6 Å². The molecule has 1 heterocycles. The van der Waals surface area contributed by atoms with Crippen LogP contribution in [0, 0.1) is 0 Å². The average molecular weight is 344 g/mol. The molecule has 0 unspecified atom stereocenters. The number of hydrogen-bond acceptors (Lipinski definition) is 6.